The van der Waals surface area contributed by atoms with E-state index in [2.05, 4.69) is 20.7 Å². The van der Waals surface area contributed by atoms with Crippen LogP contribution >= 0.6 is 15.9 Å². The molecule has 2 rings (SSSR count). The van der Waals surface area contributed by atoms with Crippen molar-refractivity contribution >= 4 is 31.6 Å². The van der Waals surface area contributed by atoms with Crippen molar-refractivity contribution in [3.05, 3.63) is 46.4 Å². The van der Waals surface area contributed by atoms with E-state index in [9.17, 15) is 8.42 Å². The van der Waals surface area contributed by atoms with Gasteiger partial charge in [-0.25, -0.2) is 13.1 Å². The zero-order valence-corrected chi connectivity index (χ0v) is 14.0. The van der Waals surface area contributed by atoms with Crippen LogP contribution in [0.4, 0.5) is 5.69 Å². The summed E-state index contributed by atoms with van der Waals surface area (Å²) in [7, 11) is -2.19. The first-order valence-corrected chi connectivity index (χ1v) is 8.38. The van der Waals surface area contributed by atoms with Crippen LogP contribution in [0, 0.1) is 6.92 Å². The molecule has 2 aromatic carbocycles. The van der Waals surface area contributed by atoms with E-state index in [4.69, 9.17) is 10.5 Å². The van der Waals surface area contributed by atoms with Gasteiger partial charge in [0.25, 0.3) is 0 Å². The highest BCUT2D eigenvalue weighted by molar-refractivity contribution is 9.10. The molecular formula is C14H15BrN2O3S. The maximum Gasteiger partial charge on any atom is 0.240 e. The Hall–Kier alpha value is -1.57. The quantitative estimate of drug-likeness (QED) is 0.810. The summed E-state index contributed by atoms with van der Waals surface area (Å²) < 4.78 is 32.4. The summed E-state index contributed by atoms with van der Waals surface area (Å²) in [6.07, 6.45) is 0. The van der Waals surface area contributed by atoms with Crippen LogP contribution in [0.15, 0.2) is 45.8 Å². The van der Waals surface area contributed by atoms with Gasteiger partial charge < -0.3 is 10.5 Å². The van der Waals surface area contributed by atoms with E-state index in [-0.39, 0.29) is 10.6 Å². The summed E-state index contributed by atoms with van der Waals surface area (Å²) in [5.74, 6) is 0.849. The molecule has 3 N–H and O–H groups in total. The molecule has 0 aliphatic carbocycles. The van der Waals surface area contributed by atoms with Crippen LogP contribution in [0.3, 0.4) is 0 Å². The molecule has 2 aromatic rings. The van der Waals surface area contributed by atoms with Gasteiger partial charge >= 0.3 is 0 Å². The van der Waals surface area contributed by atoms with Gasteiger partial charge in [0, 0.05) is 6.07 Å². The van der Waals surface area contributed by atoms with Crippen molar-refractivity contribution < 1.29 is 13.2 Å². The standard InChI is InChI=1S/C14H15BrN2O3S/c1-9-3-6-13(11(15)7-9)20-14-8-10(4-5-12(14)16)21(18,19)17-2/h3-8,17H,16H2,1-2H3. The number of hydrogen-bond acceptors (Lipinski definition) is 4. The minimum atomic E-state index is -3.54. The second-order valence-electron chi connectivity index (χ2n) is 4.44. The number of ether oxygens (including phenoxy) is 1. The monoisotopic (exact) mass is 370 g/mol. The first kappa shape index (κ1) is 15.8. The van der Waals surface area contributed by atoms with Gasteiger partial charge in [0.1, 0.15) is 5.75 Å². The van der Waals surface area contributed by atoms with E-state index in [1.54, 1.807) is 6.07 Å². The summed E-state index contributed by atoms with van der Waals surface area (Å²) in [5.41, 5.74) is 7.28. The molecule has 0 unspecified atom stereocenters. The summed E-state index contributed by atoms with van der Waals surface area (Å²) in [5, 5.41) is 0. The van der Waals surface area contributed by atoms with Gasteiger partial charge in [0.15, 0.2) is 5.75 Å². The molecule has 0 saturated carbocycles. The highest BCUT2D eigenvalue weighted by Gasteiger charge is 2.15. The second-order valence-corrected chi connectivity index (χ2v) is 7.18. The van der Waals surface area contributed by atoms with Gasteiger partial charge in [0.05, 0.1) is 15.1 Å². The summed E-state index contributed by atoms with van der Waals surface area (Å²) in [6.45, 7) is 1.96. The molecule has 0 bridgehead atoms. The van der Waals surface area contributed by atoms with E-state index in [0.717, 1.165) is 10.0 Å². The Morgan fingerprint density at radius 1 is 1.14 bits per heavy atom. The topological polar surface area (TPSA) is 81.4 Å². The number of hydrogen-bond donors (Lipinski definition) is 2. The molecule has 0 aliphatic rings. The number of aryl methyl sites for hydroxylation is 1. The lowest BCUT2D eigenvalue weighted by atomic mass is 10.2. The second kappa shape index (κ2) is 6.05. The lowest BCUT2D eigenvalue weighted by Gasteiger charge is -2.12. The van der Waals surface area contributed by atoms with Crippen molar-refractivity contribution in [2.45, 2.75) is 11.8 Å². The minimum Gasteiger partial charge on any atom is -0.454 e. The maximum atomic E-state index is 11.8. The molecular weight excluding hydrogens is 356 g/mol. The lowest BCUT2D eigenvalue weighted by molar-refractivity contribution is 0.480. The van der Waals surface area contributed by atoms with Gasteiger partial charge in [-0.15, -0.1) is 0 Å². The fourth-order valence-corrected chi connectivity index (χ4v) is 3.01. The van der Waals surface area contributed by atoms with Gasteiger partial charge in [-0.2, -0.15) is 0 Å². The van der Waals surface area contributed by atoms with Gasteiger partial charge in [0.2, 0.25) is 10.0 Å². The molecule has 5 nitrogen and oxygen atoms in total. The number of halogens is 1. The highest BCUT2D eigenvalue weighted by Crippen LogP contribution is 2.34. The molecule has 7 heteroatoms. The average molecular weight is 371 g/mol. The molecule has 0 amide bonds. The molecule has 0 aliphatic heterocycles. The average Bonchev–Trinajstić information content (AvgIpc) is 2.43. The Balaban J connectivity index is 2.42. The largest absolute Gasteiger partial charge is 0.454 e. The number of nitrogens with one attached hydrogen (secondary N) is 1. The number of nitrogen functional groups attached to an aromatic ring is 1. The van der Waals surface area contributed by atoms with E-state index in [1.807, 2.05) is 19.1 Å². The lowest BCUT2D eigenvalue weighted by Crippen LogP contribution is -2.18. The number of sulfonamides is 1. The van der Waals surface area contributed by atoms with Crippen molar-refractivity contribution in [1.29, 1.82) is 0 Å². The predicted octanol–water partition coefficient (Wildman–Crippen LogP) is 3.04. The fraction of sp³-hybridized carbons (Fsp3) is 0.143. The van der Waals surface area contributed by atoms with Crippen molar-refractivity contribution in [2.75, 3.05) is 12.8 Å². The summed E-state index contributed by atoms with van der Waals surface area (Å²) >= 11 is 3.40. The van der Waals surface area contributed by atoms with E-state index in [1.165, 1.54) is 25.2 Å². The number of benzene rings is 2. The Bertz CT molecular complexity index is 776. The third-order valence-electron chi connectivity index (χ3n) is 2.87. The van der Waals surface area contributed by atoms with Crippen LogP contribution in [0.1, 0.15) is 5.56 Å². The van der Waals surface area contributed by atoms with E-state index in [0.29, 0.717) is 11.4 Å². The predicted molar refractivity (Wildman–Crippen MR) is 86.1 cm³/mol. The Morgan fingerprint density at radius 3 is 2.48 bits per heavy atom. The van der Waals surface area contributed by atoms with Crippen molar-refractivity contribution in [3.8, 4) is 11.5 Å². The molecule has 112 valence electrons. The molecule has 21 heavy (non-hydrogen) atoms. The molecule has 0 radical (unpaired) electrons. The van der Waals surface area contributed by atoms with Crippen LogP contribution in [-0.2, 0) is 10.0 Å². The first-order chi connectivity index (χ1) is 9.83. The highest BCUT2D eigenvalue weighted by atomic mass is 79.9. The SMILES string of the molecule is CNS(=O)(=O)c1ccc(N)c(Oc2ccc(C)cc2Br)c1. The molecule has 0 aromatic heterocycles. The van der Waals surface area contributed by atoms with Crippen LogP contribution in [-0.4, -0.2) is 15.5 Å². The molecule has 0 heterocycles. The minimum absolute atomic E-state index is 0.0948. The van der Waals surface area contributed by atoms with Crippen LogP contribution < -0.4 is 15.2 Å². The first-order valence-electron chi connectivity index (χ1n) is 6.10. The molecule has 0 atom stereocenters. The van der Waals surface area contributed by atoms with Crippen LogP contribution in [0.2, 0.25) is 0 Å². The van der Waals surface area contributed by atoms with Crippen molar-refractivity contribution in [3.63, 3.8) is 0 Å². The van der Waals surface area contributed by atoms with E-state index < -0.39 is 10.0 Å². The van der Waals surface area contributed by atoms with Crippen LogP contribution in [0.5, 0.6) is 11.5 Å². The maximum absolute atomic E-state index is 11.8. The molecule has 0 spiro atoms. The van der Waals surface area contributed by atoms with Crippen LogP contribution in [0.25, 0.3) is 0 Å². The van der Waals surface area contributed by atoms with Gasteiger partial charge in [-0.1, -0.05) is 6.07 Å². The Morgan fingerprint density at radius 2 is 1.86 bits per heavy atom. The number of nitrogens with two attached hydrogens (primary N) is 1. The normalized spacial score (nSPS) is 11.4. The zero-order chi connectivity index (χ0) is 15.6. The molecule has 0 saturated heterocycles. The van der Waals surface area contributed by atoms with Gasteiger partial charge in [-0.05, 0) is 59.7 Å². The smallest absolute Gasteiger partial charge is 0.240 e. The van der Waals surface area contributed by atoms with Crippen molar-refractivity contribution in [1.82, 2.24) is 4.72 Å². The fourth-order valence-electron chi connectivity index (χ4n) is 1.70. The third-order valence-corrected chi connectivity index (χ3v) is 4.90. The molecule has 0 fully saturated rings. The summed E-state index contributed by atoms with van der Waals surface area (Å²) in [4.78, 5) is 0.0948. The Labute approximate surface area is 132 Å². The number of anilines is 1. The van der Waals surface area contributed by atoms with Gasteiger partial charge in [-0.3, -0.25) is 0 Å². The van der Waals surface area contributed by atoms with E-state index >= 15 is 0 Å². The number of rotatable bonds is 4. The summed E-state index contributed by atoms with van der Waals surface area (Å²) in [6, 6.07) is 9.91. The van der Waals surface area contributed by atoms with Crippen molar-refractivity contribution in [2.24, 2.45) is 0 Å². The third kappa shape index (κ3) is 3.55. The Kier molecular flexibility index (Phi) is 4.55. The zero-order valence-electron chi connectivity index (χ0n) is 11.6.